The zero-order valence-corrected chi connectivity index (χ0v) is 19.7. The number of anilines is 1. The molecule has 1 amide bonds. The molecule has 7 nitrogen and oxygen atoms in total. The quantitative estimate of drug-likeness (QED) is 0.218. The Bertz CT molecular complexity index is 1380. The van der Waals surface area contributed by atoms with E-state index in [1.165, 1.54) is 28.0 Å². The van der Waals surface area contributed by atoms with E-state index >= 15 is 0 Å². The third-order valence-corrected chi connectivity index (χ3v) is 6.66. The summed E-state index contributed by atoms with van der Waals surface area (Å²) in [4.78, 5) is 41.9. The van der Waals surface area contributed by atoms with E-state index in [0.717, 1.165) is 17.3 Å². The van der Waals surface area contributed by atoms with Crippen molar-refractivity contribution in [2.45, 2.75) is 18.6 Å². The first-order valence-corrected chi connectivity index (χ1v) is 12.2. The monoisotopic (exact) mass is 497 g/mol. The first kappa shape index (κ1) is 23.7. The van der Waals surface area contributed by atoms with Crippen LogP contribution in [0.1, 0.15) is 22.8 Å². The van der Waals surface area contributed by atoms with Crippen molar-refractivity contribution in [3.05, 3.63) is 87.3 Å². The van der Waals surface area contributed by atoms with Crippen LogP contribution in [0.25, 0.3) is 10.2 Å². The first-order chi connectivity index (χ1) is 16.4. The summed E-state index contributed by atoms with van der Waals surface area (Å²) in [6.07, 6.45) is 0. The third kappa shape index (κ3) is 5.52. The normalized spacial score (nSPS) is 10.9. The molecule has 0 radical (unpaired) electrons. The Morgan fingerprint density at radius 1 is 1.12 bits per heavy atom. The molecule has 0 aliphatic heterocycles. The predicted octanol–water partition coefficient (Wildman–Crippen LogP) is 4.55. The van der Waals surface area contributed by atoms with E-state index in [9.17, 15) is 18.8 Å². The highest BCUT2D eigenvalue weighted by atomic mass is 32.2. The molecule has 0 spiro atoms. The Labute approximate surface area is 202 Å². The molecule has 0 aliphatic carbocycles. The lowest BCUT2D eigenvalue weighted by molar-refractivity contribution is -0.113. The van der Waals surface area contributed by atoms with Gasteiger partial charge in [0.15, 0.2) is 5.16 Å². The predicted molar refractivity (Wildman–Crippen MR) is 131 cm³/mol. The lowest BCUT2D eigenvalue weighted by Gasteiger charge is -2.12. The minimum Gasteiger partial charge on any atom is -0.462 e. The standard InChI is InChI=1S/C24H20FN3O4S2/c1-2-32-23(31)16-5-9-18(10-6-16)26-20(29)14-34-24-27-19-11-12-33-21(19)22(30)28(24)13-15-3-7-17(25)8-4-15/h3-12H,2,13-14H2,1H3,(H,26,29). The SMILES string of the molecule is CCOC(=O)c1ccc(NC(=O)CSc2nc3ccsc3c(=O)n2Cc2ccc(F)cc2)cc1. The van der Waals surface area contributed by atoms with Crippen LogP contribution in [0.5, 0.6) is 0 Å². The molecule has 0 saturated heterocycles. The molecule has 1 N–H and O–H groups in total. The number of amides is 1. The Morgan fingerprint density at radius 3 is 2.56 bits per heavy atom. The fourth-order valence-electron chi connectivity index (χ4n) is 3.18. The van der Waals surface area contributed by atoms with Gasteiger partial charge in [0.05, 0.1) is 30.0 Å². The van der Waals surface area contributed by atoms with Crippen molar-refractivity contribution < 1.29 is 18.7 Å². The summed E-state index contributed by atoms with van der Waals surface area (Å²) in [5.41, 5.74) is 2.04. The van der Waals surface area contributed by atoms with Crippen molar-refractivity contribution in [1.29, 1.82) is 0 Å². The van der Waals surface area contributed by atoms with Crippen LogP contribution < -0.4 is 10.9 Å². The van der Waals surface area contributed by atoms with Gasteiger partial charge in [-0.25, -0.2) is 14.2 Å². The van der Waals surface area contributed by atoms with Crippen LogP contribution in [0.3, 0.4) is 0 Å². The van der Waals surface area contributed by atoms with Gasteiger partial charge in [-0.05, 0) is 60.3 Å². The number of rotatable bonds is 8. The number of ether oxygens (including phenoxy) is 1. The fraction of sp³-hybridized carbons (Fsp3) is 0.167. The molecule has 0 aliphatic rings. The van der Waals surface area contributed by atoms with Crippen molar-refractivity contribution >= 4 is 50.9 Å². The van der Waals surface area contributed by atoms with Gasteiger partial charge in [0, 0.05) is 5.69 Å². The largest absolute Gasteiger partial charge is 0.462 e. The molecule has 0 bridgehead atoms. The second-order valence-corrected chi connectivity index (χ2v) is 9.04. The number of fused-ring (bicyclic) bond motifs is 1. The van der Waals surface area contributed by atoms with Crippen LogP contribution in [-0.4, -0.2) is 33.8 Å². The van der Waals surface area contributed by atoms with Gasteiger partial charge >= 0.3 is 5.97 Å². The summed E-state index contributed by atoms with van der Waals surface area (Å²) in [5.74, 6) is -1.05. The maximum Gasteiger partial charge on any atom is 0.338 e. The highest BCUT2D eigenvalue weighted by molar-refractivity contribution is 7.99. The van der Waals surface area contributed by atoms with E-state index < -0.39 is 5.97 Å². The van der Waals surface area contributed by atoms with Gasteiger partial charge < -0.3 is 10.1 Å². The van der Waals surface area contributed by atoms with Crippen LogP contribution in [0.2, 0.25) is 0 Å². The minimum absolute atomic E-state index is 0.0190. The number of nitrogens with one attached hydrogen (secondary N) is 1. The summed E-state index contributed by atoms with van der Waals surface area (Å²) in [6.45, 7) is 2.22. The molecule has 10 heteroatoms. The van der Waals surface area contributed by atoms with E-state index in [1.54, 1.807) is 54.8 Å². The van der Waals surface area contributed by atoms with Crippen molar-refractivity contribution in [2.24, 2.45) is 0 Å². The number of aromatic nitrogens is 2. The lowest BCUT2D eigenvalue weighted by Crippen LogP contribution is -2.24. The van der Waals surface area contributed by atoms with Crippen LogP contribution in [0.4, 0.5) is 10.1 Å². The molecule has 0 atom stereocenters. The van der Waals surface area contributed by atoms with Gasteiger partial charge in [-0.1, -0.05) is 23.9 Å². The number of esters is 1. The summed E-state index contributed by atoms with van der Waals surface area (Å²) in [5, 5.41) is 4.96. The van der Waals surface area contributed by atoms with E-state index in [-0.39, 0.29) is 36.2 Å². The minimum atomic E-state index is -0.426. The third-order valence-electron chi connectivity index (χ3n) is 4.80. The Morgan fingerprint density at radius 2 is 1.85 bits per heavy atom. The lowest BCUT2D eigenvalue weighted by atomic mass is 10.2. The number of nitrogens with zero attached hydrogens (tertiary/aromatic N) is 2. The molecule has 0 unspecified atom stereocenters. The highest BCUT2D eigenvalue weighted by Gasteiger charge is 2.15. The summed E-state index contributed by atoms with van der Waals surface area (Å²) >= 11 is 2.44. The molecule has 2 heterocycles. The van der Waals surface area contributed by atoms with Gasteiger partial charge in [0.25, 0.3) is 5.56 Å². The topological polar surface area (TPSA) is 90.3 Å². The molecular weight excluding hydrogens is 477 g/mol. The summed E-state index contributed by atoms with van der Waals surface area (Å²) < 4.78 is 20.3. The second-order valence-electron chi connectivity index (χ2n) is 7.18. The molecule has 0 saturated carbocycles. The van der Waals surface area contributed by atoms with E-state index in [1.807, 2.05) is 0 Å². The van der Waals surface area contributed by atoms with E-state index in [0.29, 0.717) is 26.6 Å². The second kappa shape index (κ2) is 10.6. The maximum absolute atomic E-state index is 13.3. The van der Waals surface area contributed by atoms with Gasteiger partial charge in [-0.2, -0.15) is 0 Å². The number of carbonyl (C=O) groups excluding carboxylic acids is 2. The van der Waals surface area contributed by atoms with Crippen LogP contribution in [0, 0.1) is 5.82 Å². The average molecular weight is 498 g/mol. The number of hydrogen-bond acceptors (Lipinski definition) is 7. The van der Waals surface area contributed by atoms with Crippen LogP contribution in [-0.2, 0) is 16.1 Å². The van der Waals surface area contributed by atoms with Crippen molar-refractivity contribution in [3.8, 4) is 0 Å². The van der Waals surface area contributed by atoms with Gasteiger partial charge in [0.1, 0.15) is 10.5 Å². The number of halogens is 1. The Balaban J connectivity index is 1.49. The number of thioether (sulfide) groups is 1. The van der Waals surface area contributed by atoms with Crippen molar-refractivity contribution in [2.75, 3.05) is 17.7 Å². The Hall–Kier alpha value is -3.50. The zero-order valence-electron chi connectivity index (χ0n) is 18.1. The number of benzene rings is 2. The molecule has 174 valence electrons. The van der Waals surface area contributed by atoms with Crippen LogP contribution >= 0.6 is 23.1 Å². The van der Waals surface area contributed by atoms with E-state index in [4.69, 9.17) is 4.74 Å². The molecule has 0 fully saturated rings. The van der Waals surface area contributed by atoms with Gasteiger partial charge in [-0.15, -0.1) is 11.3 Å². The van der Waals surface area contributed by atoms with Crippen LogP contribution in [0.15, 0.2) is 69.9 Å². The highest BCUT2D eigenvalue weighted by Crippen LogP contribution is 2.22. The summed E-state index contributed by atoms with van der Waals surface area (Å²) in [7, 11) is 0. The van der Waals surface area contributed by atoms with Crippen molar-refractivity contribution in [1.82, 2.24) is 9.55 Å². The van der Waals surface area contributed by atoms with Gasteiger partial charge in [-0.3, -0.25) is 14.2 Å². The smallest absolute Gasteiger partial charge is 0.338 e. The maximum atomic E-state index is 13.3. The number of thiophene rings is 1. The number of carbonyl (C=O) groups is 2. The first-order valence-electron chi connectivity index (χ1n) is 10.4. The van der Waals surface area contributed by atoms with E-state index in [2.05, 4.69) is 10.3 Å². The molecular formula is C24H20FN3O4S2. The molecule has 4 aromatic rings. The summed E-state index contributed by atoms with van der Waals surface area (Å²) in [6, 6.07) is 14.1. The fourth-order valence-corrected chi connectivity index (χ4v) is 4.75. The molecule has 4 rings (SSSR count). The zero-order chi connectivity index (χ0) is 24.1. The molecule has 2 aromatic heterocycles. The molecule has 2 aromatic carbocycles. The number of hydrogen-bond donors (Lipinski definition) is 1. The van der Waals surface area contributed by atoms with Crippen molar-refractivity contribution in [3.63, 3.8) is 0 Å². The average Bonchev–Trinajstić information content (AvgIpc) is 3.30. The van der Waals surface area contributed by atoms with Gasteiger partial charge in [0.2, 0.25) is 5.91 Å². The Kier molecular flexibility index (Phi) is 7.39. The molecule has 34 heavy (non-hydrogen) atoms.